The van der Waals surface area contributed by atoms with E-state index in [4.69, 9.17) is 5.26 Å². The van der Waals surface area contributed by atoms with Crippen molar-refractivity contribution in [3.8, 4) is 6.07 Å². The van der Waals surface area contributed by atoms with Crippen LogP contribution in [0.25, 0.3) is 0 Å². The molecule has 1 heterocycles. The Labute approximate surface area is 91.5 Å². The average molecular weight is 218 g/mol. The molecule has 0 saturated heterocycles. The first kappa shape index (κ1) is 10.4. The zero-order valence-electron chi connectivity index (χ0n) is 8.24. The largest absolute Gasteiger partial charge is 0.353 e. The van der Waals surface area contributed by atoms with Crippen molar-refractivity contribution in [2.24, 2.45) is 0 Å². The molecule has 80 valence electrons. The van der Waals surface area contributed by atoms with Crippen molar-refractivity contribution in [2.75, 3.05) is 0 Å². The Bertz CT molecular complexity index is 514. The van der Waals surface area contributed by atoms with Crippen LogP contribution in [-0.4, -0.2) is 0 Å². The molecule has 0 amide bonds. The quantitative estimate of drug-likeness (QED) is 0.735. The van der Waals surface area contributed by atoms with Gasteiger partial charge in [0, 0.05) is 17.8 Å². The molecule has 1 aliphatic heterocycles. The number of hydrogen-bond donors (Lipinski definition) is 1. The second-order valence-electron chi connectivity index (χ2n) is 3.41. The number of hydrogen-bond acceptors (Lipinski definition) is 2. The molecule has 2 rings (SSSR count). The lowest BCUT2D eigenvalue weighted by atomic mass is 10.00. The minimum absolute atomic E-state index is 0.200. The van der Waals surface area contributed by atoms with Crippen LogP contribution in [0, 0.1) is 11.3 Å². The van der Waals surface area contributed by atoms with E-state index in [0.29, 0.717) is 5.56 Å². The first-order valence-electron chi connectivity index (χ1n) is 4.66. The van der Waals surface area contributed by atoms with Crippen LogP contribution in [-0.2, 0) is 5.79 Å². The highest BCUT2D eigenvalue weighted by molar-refractivity contribution is 5.39. The average Bonchev–Trinajstić information content (AvgIpc) is 2.29. The summed E-state index contributed by atoms with van der Waals surface area (Å²) in [7, 11) is 0. The summed E-state index contributed by atoms with van der Waals surface area (Å²) in [5, 5.41) is 11.1. The Kier molecular flexibility index (Phi) is 2.45. The molecule has 0 fully saturated rings. The third kappa shape index (κ3) is 1.80. The molecule has 16 heavy (non-hydrogen) atoms. The van der Waals surface area contributed by atoms with Gasteiger partial charge in [0.05, 0.1) is 11.6 Å². The summed E-state index contributed by atoms with van der Waals surface area (Å²) in [4.78, 5) is 0. The minimum atomic E-state index is -2.09. The van der Waals surface area contributed by atoms with Gasteiger partial charge in [0.1, 0.15) is 5.83 Å². The van der Waals surface area contributed by atoms with E-state index in [1.165, 1.54) is 18.3 Å². The van der Waals surface area contributed by atoms with Gasteiger partial charge in [-0.05, 0) is 18.2 Å². The van der Waals surface area contributed by atoms with Gasteiger partial charge in [-0.15, -0.1) is 0 Å². The van der Waals surface area contributed by atoms with E-state index >= 15 is 0 Å². The summed E-state index contributed by atoms with van der Waals surface area (Å²) < 4.78 is 27.3. The van der Waals surface area contributed by atoms with E-state index in [9.17, 15) is 8.78 Å². The van der Waals surface area contributed by atoms with Crippen molar-refractivity contribution in [1.29, 1.82) is 5.26 Å². The van der Waals surface area contributed by atoms with Crippen LogP contribution in [0.5, 0.6) is 0 Å². The summed E-state index contributed by atoms with van der Waals surface area (Å²) in [5.41, 5.74) is 0.533. The summed E-state index contributed by atoms with van der Waals surface area (Å²) in [6, 6.07) is 7.91. The van der Waals surface area contributed by atoms with Crippen molar-refractivity contribution in [1.82, 2.24) is 5.32 Å². The van der Waals surface area contributed by atoms with Gasteiger partial charge in [-0.25, -0.2) is 8.78 Å². The lowest BCUT2D eigenvalue weighted by Gasteiger charge is -2.25. The molecule has 0 bridgehead atoms. The molecule has 1 aliphatic rings. The SMILES string of the molecule is N#Cc1cccc(C2(F)C=C(F)C=CN2)c1. The molecule has 1 aromatic rings. The van der Waals surface area contributed by atoms with Gasteiger partial charge in [-0.2, -0.15) is 5.26 Å². The molecular weight excluding hydrogens is 210 g/mol. The van der Waals surface area contributed by atoms with Crippen LogP contribution in [0.3, 0.4) is 0 Å². The molecule has 1 unspecified atom stereocenters. The molecule has 0 radical (unpaired) electrons. The highest BCUT2D eigenvalue weighted by Gasteiger charge is 2.30. The van der Waals surface area contributed by atoms with Gasteiger partial charge >= 0.3 is 0 Å². The number of allylic oxidation sites excluding steroid dienone is 2. The maximum Gasteiger partial charge on any atom is 0.228 e. The minimum Gasteiger partial charge on any atom is -0.353 e. The second kappa shape index (κ2) is 3.78. The van der Waals surface area contributed by atoms with Crippen molar-refractivity contribution in [3.63, 3.8) is 0 Å². The molecule has 4 heteroatoms. The Balaban J connectivity index is 2.44. The summed E-state index contributed by atoms with van der Waals surface area (Å²) in [6.45, 7) is 0. The van der Waals surface area contributed by atoms with Gasteiger partial charge in [0.15, 0.2) is 0 Å². The summed E-state index contributed by atoms with van der Waals surface area (Å²) in [6.07, 6.45) is 3.17. The number of nitrogens with zero attached hydrogens (tertiary/aromatic N) is 1. The van der Waals surface area contributed by atoms with Crippen LogP contribution < -0.4 is 5.32 Å². The lowest BCUT2D eigenvalue weighted by Crippen LogP contribution is -2.34. The van der Waals surface area contributed by atoms with Crippen molar-refractivity contribution in [2.45, 2.75) is 5.79 Å². The van der Waals surface area contributed by atoms with Gasteiger partial charge in [-0.1, -0.05) is 12.1 Å². The highest BCUT2D eigenvalue weighted by atomic mass is 19.2. The number of dihydropyridines is 1. The van der Waals surface area contributed by atoms with Crippen molar-refractivity contribution >= 4 is 0 Å². The molecule has 1 aromatic carbocycles. The van der Waals surface area contributed by atoms with E-state index in [2.05, 4.69) is 5.32 Å². The molecule has 2 nitrogen and oxygen atoms in total. The fraction of sp³-hybridized carbons (Fsp3) is 0.0833. The van der Waals surface area contributed by atoms with Gasteiger partial charge in [0.2, 0.25) is 5.79 Å². The maximum atomic E-state index is 14.3. The van der Waals surface area contributed by atoms with E-state index in [-0.39, 0.29) is 5.56 Å². The second-order valence-corrected chi connectivity index (χ2v) is 3.41. The van der Waals surface area contributed by atoms with Crippen LogP contribution in [0.15, 0.2) is 48.4 Å². The molecule has 0 spiro atoms. The zero-order chi connectivity index (χ0) is 11.6. The first-order chi connectivity index (χ1) is 7.64. The monoisotopic (exact) mass is 218 g/mol. The van der Waals surface area contributed by atoms with E-state index in [1.54, 1.807) is 12.1 Å². The predicted octanol–water partition coefficient (Wildman–Crippen LogP) is 2.65. The fourth-order valence-corrected chi connectivity index (χ4v) is 1.50. The molecule has 1 atom stereocenters. The Morgan fingerprint density at radius 3 is 2.88 bits per heavy atom. The fourth-order valence-electron chi connectivity index (χ4n) is 1.50. The van der Waals surface area contributed by atoms with Crippen molar-refractivity contribution < 1.29 is 8.78 Å². The van der Waals surface area contributed by atoms with Gasteiger partial charge in [-0.3, -0.25) is 0 Å². The third-order valence-corrected chi connectivity index (χ3v) is 2.28. The van der Waals surface area contributed by atoms with E-state index in [1.807, 2.05) is 6.07 Å². The molecular formula is C12H8F2N2. The molecule has 0 saturated carbocycles. The van der Waals surface area contributed by atoms with Gasteiger partial charge in [0.25, 0.3) is 0 Å². The Morgan fingerprint density at radius 2 is 2.19 bits per heavy atom. The van der Waals surface area contributed by atoms with E-state index < -0.39 is 11.6 Å². The van der Waals surface area contributed by atoms with Crippen LogP contribution >= 0.6 is 0 Å². The topological polar surface area (TPSA) is 35.8 Å². The summed E-state index contributed by atoms with van der Waals surface area (Å²) >= 11 is 0. The predicted molar refractivity (Wildman–Crippen MR) is 55.4 cm³/mol. The first-order valence-corrected chi connectivity index (χ1v) is 4.66. The Hall–Kier alpha value is -2.15. The molecule has 1 N–H and O–H groups in total. The molecule has 0 aromatic heterocycles. The zero-order valence-corrected chi connectivity index (χ0v) is 8.24. The number of benzene rings is 1. The van der Waals surface area contributed by atoms with Crippen LogP contribution in [0.1, 0.15) is 11.1 Å². The number of alkyl halides is 1. The van der Waals surface area contributed by atoms with Crippen LogP contribution in [0.4, 0.5) is 8.78 Å². The Morgan fingerprint density at radius 1 is 1.38 bits per heavy atom. The van der Waals surface area contributed by atoms with E-state index in [0.717, 1.165) is 12.2 Å². The smallest absolute Gasteiger partial charge is 0.228 e. The number of nitriles is 1. The number of nitrogens with one attached hydrogen (secondary N) is 1. The number of halogens is 2. The standard InChI is InChI=1S/C12H8F2N2/c13-11-4-5-16-12(14,7-11)10-3-1-2-9(6-10)8-15/h1-7,16H. The lowest BCUT2D eigenvalue weighted by molar-refractivity contribution is 0.195. The van der Waals surface area contributed by atoms with Gasteiger partial charge < -0.3 is 5.32 Å². The molecule has 0 aliphatic carbocycles. The maximum absolute atomic E-state index is 14.3. The van der Waals surface area contributed by atoms with Crippen molar-refractivity contribution in [3.05, 3.63) is 59.6 Å². The highest BCUT2D eigenvalue weighted by Crippen LogP contribution is 2.29. The normalized spacial score (nSPS) is 23.2. The summed E-state index contributed by atoms with van der Waals surface area (Å²) in [5.74, 6) is -2.74. The third-order valence-electron chi connectivity index (χ3n) is 2.28. The number of rotatable bonds is 1. The van der Waals surface area contributed by atoms with Crippen LogP contribution in [0.2, 0.25) is 0 Å².